The molecule has 0 saturated carbocycles. The van der Waals surface area contributed by atoms with Crippen molar-refractivity contribution < 1.29 is 17.7 Å². The van der Waals surface area contributed by atoms with Crippen LogP contribution in [0.2, 0.25) is 0 Å². The molecule has 0 heterocycles. The Morgan fingerprint density at radius 3 is 0.880 bits per heavy atom. The van der Waals surface area contributed by atoms with Crippen LogP contribution in [-0.2, 0) is 0 Å². The Bertz CT molecular complexity index is 186. The minimum Gasteiger partial charge on any atom is -1.00 e. The fourth-order valence-corrected chi connectivity index (χ4v) is 3.60. The normalized spacial score (nSPS) is 10.8. The topological polar surface area (TPSA) is 16.6 Å². The maximum atomic E-state index is 2.30. The molecule has 0 aromatic carbocycles. The zero-order chi connectivity index (χ0) is 17.6. The lowest BCUT2D eigenvalue weighted by Gasteiger charge is -2.04. The minimum atomic E-state index is 0. The molecule has 0 unspecified atom stereocenters. The summed E-state index contributed by atoms with van der Waals surface area (Å²) in [5.74, 6) is 0. The molecule has 0 fully saturated rings. The number of nitrogens with two attached hydrogens (primary N) is 1. The summed E-state index contributed by atoms with van der Waals surface area (Å²) in [6.07, 6.45) is 29.4. The third kappa shape index (κ3) is 26.6. The maximum Gasteiger partial charge on any atom is 0.0753 e. The Morgan fingerprint density at radius 2 is 0.640 bits per heavy atom. The first-order chi connectivity index (χ1) is 11.9. The largest absolute Gasteiger partial charge is 1.00 e. The zero-order valence-corrected chi connectivity index (χ0v) is 18.6. The van der Waals surface area contributed by atoms with Crippen molar-refractivity contribution in [2.75, 3.05) is 13.6 Å². The van der Waals surface area contributed by atoms with Gasteiger partial charge < -0.3 is 17.7 Å². The van der Waals surface area contributed by atoms with Crippen LogP contribution in [0.4, 0.5) is 0 Å². The Balaban J connectivity index is 0. The first kappa shape index (κ1) is 27.5. The van der Waals surface area contributed by atoms with Crippen molar-refractivity contribution >= 4 is 0 Å². The van der Waals surface area contributed by atoms with Gasteiger partial charge in [0, 0.05) is 0 Å². The van der Waals surface area contributed by atoms with E-state index in [0.717, 1.165) is 0 Å². The summed E-state index contributed by atoms with van der Waals surface area (Å²) in [7, 11) is 2.18. The molecule has 0 rings (SSSR count). The molecular formula is C23H50ClN. The van der Waals surface area contributed by atoms with Gasteiger partial charge in [0.2, 0.25) is 0 Å². The van der Waals surface area contributed by atoms with Crippen LogP contribution in [0.25, 0.3) is 0 Å². The fourth-order valence-electron chi connectivity index (χ4n) is 3.60. The fraction of sp³-hybridized carbons (Fsp3) is 1.00. The van der Waals surface area contributed by atoms with E-state index >= 15 is 0 Å². The third-order valence-electron chi connectivity index (χ3n) is 5.35. The summed E-state index contributed by atoms with van der Waals surface area (Å²) >= 11 is 0. The van der Waals surface area contributed by atoms with Gasteiger partial charge in [-0.05, 0) is 12.8 Å². The molecule has 1 nitrogen and oxygen atoms in total. The summed E-state index contributed by atoms with van der Waals surface area (Å²) in [5, 5.41) is 2.30. The second-order valence-electron chi connectivity index (χ2n) is 7.91. The first-order valence-electron chi connectivity index (χ1n) is 11.7. The van der Waals surface area contributed by atoms with E-state index < -0.39 is 0 Å². The van der Waals surface area contributed by atoms with E-state index in [1.807, 2.05) is 0 Å². The maximum absolute atomic E-state index is 2.30. The molecule has 0 aliphatic carbocycles. The van der Waals surface area contributed by atoms with E-state index in [1.54, 1.807) is 0 Å². The lowest BCUT2D eigenvalue weighted by molar-refractivity contribution is -0.627. The van der Waals surface area contributed by atoms with Crippen molar-refractivity contribution in [3.63, 3.8) is 0 Å². The number of quaternary nitrogens is 1. The zero-order valence-electron chi connectivity index (χ0n) is 17.8. The van der Waals surface area contributed by atoms with E-state index in [-0.39, 0.29) is 12.4 Å². The number of hydrogen-bond acceptors (Lipinski definition) is 0. The van der Waals surface area contributed by atoms with Crippen molar-refractivity contribution in [1.82, 2.24) is 0 Å². The standard InChI is InChI=1S/C23H49N.ClH/c1-3-4-5-6-7-8-9-10-11-12-13-14-15-16-17-18-19-20-21-22-23-24-2;/h24H,3-23H2,1-2H3;1H. The Morgan fingerprint density at radius 1 is 0.400 bits per heavy atom. The van der Waals surface area contributed by atoms with E-state index in [2.05, 4.69) is 19.3 Å². The molecule has 0 aromatic heterocycles. The van der Waals surface area contributed by atoms with E-state index in [0.29, 0.717) is 0 Å². The SMILES string of the molecule is CCCCCCCCCCCCCCCCCCCCCC[NH2+]C.[Cl-]. The van der Waals surface area contributed by atoms with Crippen LogP contribution in [0.3, 0.4) is 0 Å². The van der Waals surface area contributed by atoms with Crippen LogP contribution in [0.15, 0.2) is 0 Å². The average molecular weight is 376 g/mol. The summed E-state index contributed by atoms with van der Waals surface area (Å²) in [4.78, 5) is 0. The highest BCUT2D eigenvalue weighted by atomic mass is 35.5. The highest BCUT2D eigenvalue weighted by molar-refractivity contribution is 4.50. The van der Waals surface area contributed by atoms with Crippen molar-refractivity contribution in [3.8, 4) is 0 Å². The van der Waals surface area contributed by atoms with Gasteiger partial charge in [-0.3, -0.25) is 0 Å². The summed E-state index contributed by atoms with van der Waals surface area (Å²) < 4.78 is 0. The van der Waals surface area contributed by atoms with Gasteiger partial charge in [-0.2, -0.15) is 0 Å². The second-order valence-corrected chi connectivity index (χ2v) is 7.91. The molecule has 0 aliphatic heterocycles. The highest BCUT2D eigenvalue weighted by Crippen LogP contribution is 2.14. The van der Waals surface area contributed by atoms with Gasteiger partial charge in [-0.25, -0.2) is 0 Å². The predicted octanol–water partition coefficient (Wildman–Crippen LogP) is 4.01. The van der Waals surface area contributed by atoms with Crippen molar-refractivity contribution in [2.45, 2.75) is 135 Å². The van der Waals surface area contributed by atoms with Gasteiger partial charge in [0.25, 0.3) is 0 Å². The Labute approximate surface area is 166 Å². The van der Waals surface area contributed by atoms with Crippen LogP contribution < -0.4 is 17.7 Å². The van der Waals surface area contributed by atoms with Crippen LogP contribution in [0.5, 0.6) is 0 Å². The van der Waals surface area contributed by atoms with E-state index in [9.17, 15) is 0 Å². The van der Waals surface area contributed by atoms with Crippen LogP contribution in [0, 0.1) is 0 Å². The molecule has 0 atom stereocenters. The average Bonchev–Trinajstić information content (AvgIpc) is 2.60. The minimum absolute atomic E-state index is 0. The Kier molecular flexibility index (Phi) is 29.1. The van der Waals surface area contributed by atoms with Crippen LogP contribution in [-0.4, -0.2) is 13.6 Å². The lowest BCUT2D eigenvalue weighted by Crippen LogP contribution is -3.00. The molecule has 0 radical (unpaired) electrons. The number of unbranched alkanes of at least 4 members (excludes halogenated alkanes) is 19. The quantitative estimate of drug-likeness (QED) is 0.292. The number of hydrogen-bond donors (Lipinski definition) is 1. The van der Waals surface area contributed by atoms with Gasteiger partial charge in [0.05, 0.1) is 13.6 Å². The molecule has 0 amide bonds. The lowest BCUT2D eigenvalue weighted by atomic mass is 10.0. The summed E-state index contributed by atoms with van der Waals surface area (Å²) in [6, 6.07) is 0. The van der Waals surface area contributed by atoms with Gasteiger partial charge in [-0.15, -0.1) is 0 Å². The molecule has 0 saturated heterocycles. The molecule has 25 heavy (non-hydrogen) atoms. The van der Waals surface area contributed by atoms with E-state index in [4.69, 9.17) is 0 Å². The number of halogens is 1. The van der Waals surface area contributed by atoms with Gasteiger partial charge >= 0.3 is 0 Å². The molecule has 2 N–H and O–H groups in total. The molecule has 2 heteroatoms. The van der Waals surface area contributed by atoms with Crippen molar-refractivity contribution in [1.29, 1.82) is 0 Å². The number of rotatable bonds is 21. The molecule has 154 valence electrons. The van der Waals surface area contributed by atoms with Crippen LogP contribution in [0.1, 0.15) is 135 Å². The van der Waals surface area contributed by atoms with Crippen molar-refractivity contribution in [3.05, 3.63) is 0 Å². The molecule has 0 aliphatic rings. The van der Waals surface area contributed by atoms with Crippen LogP contribution >= 0.6 is 0 Å². The second kappa shape index (κ2) is 26.5. The molecule has 0 aromatic rings. The highest BCUT2D eigenvalue weighted by Gasteiger charge is 1.95. The summed E-state index contributed by atoms with van der Waals surface area (Å²) in [5.41, 5.74) is 0. The van der Waals surface area contributed by atoms with Gasteiger partial charge in [-0.1, -0.05) is 122 Å². The first-order valence-corrected chi connectivity index (χ1v) is 11.7. The predicted molar refractivity (Wildman–Crippen MR) is 111 cm³/mol. The molecule has 0 bridgehead atoms. The molecular weight excluding hydrogens is 326 g/mol. The summed E-state index contributed by atoms with van der Waals surface area (Å²) in [6.45, 7) is 3.62. The van der Waals surface area contributed by atoms with Gasteiger partial charge in [0.1, 0.15) is 0 Å². The molecule has 0 spiro atoms. The van der Waals surface area contributed by atoms with Crippen molar-refractivity contribution in [2.24, 2.45) is 0 Å². The Hall–Kier alpha value is 0.250. The monoisotopic (exact) mass is 375 g/mol. The van der Waals surface area contributed by atoms with Gasteiger partial charge in [0.15, 0.2) is 0 Å². The van der Waals surface area contributed by atoms with E-state index in [1.165, 1.54) is 135 Å². The third-order valence-corrected chi connectivity index (χ3v) is 5.35. The smallest absolute Gasteiger partial charge is 0.0753 e.